The van der Waals surface area contributed by atoms with Gasteiger partial charge in [-0.2, -0.15) is 0 Å². The van der Waals surface area contributed by atoms with Gasteiger partial charge in [0.1, 0.15) is 0 Å². The quantitative estimate of drug-likeness (QED) is 0.429. The average molecular weight is 443 g/mol. The first-order chi connectivity index (χ1) is 14.2. The Morgan fingerprint density at radius 1 is 0.933 bits per heavy atom. The van der Waals surface area contributed by atoms with E-state index >= 15 is 0 Å². The summed E-state index contributed by atoms with van der Waals surface area (Å²) < 4.78 is 7.03. The van der Waals surface area contributed by atoms with E-state index in [2.05, 4.69) is 95.3 Å². The molecule has 4 heteroatoms. The lowest BCUT2D eigenvalue weighted by atomic mass is 9.96. The molecule has 2 rings (SSSR count). The molecule has 2 nitrogen and oxygen atoms in total. The first-order valence-corrected chi connectivity index (χ1v) is 14.0. The number of carbonyl (C=O) groups is 1. The van der Waals surface area contributed by atoms with Crippen LogP contribution in [0.4, 0.5) is 0 Å². The van der Waals surface area contributed by atoms with Crippen molar-refractivity contribution in [3.8, 4) is 0 Å². The van der Waals surface area contributed by atoms with Crippen LogP contribution in [0.15, 0.2) is 60.7 Å². The minimum absolute atomic E-state index is 0.00518. The van der Waals surface area contributed by atoms with E-state index in [1.807, 2.05) is 6.92 Å². The smallest absolute Gasteiger partial charge is 0.261 e. The van der Waals surface area contributed by atoms with Crippen LogP contribution in [-0.4, -0.2) is 25.8 Å². The summed E-state index contributed by atoms with van der Waals surface area (Å²) in [6.45, 7) is 14.1. The highest BCUT2D eigenvalue weighted by atomic mass is 32.2. The number of hydrogen-bond donors (Lipinski definition) is 0. The Bertz CT molecular complexity index is 731. The molecule has 0 heterocycles. The molecule has 0 bridgehead atoms. The second kappa shape index (κ2) is 11.3. The zero-order valence-corrected chi connectivity index (χ0v) is 21.3. The lowest BCUT2D eigenvalue weighted by molar-refractivity contribution is -0.111. The van der Waals surface area contributed by atoms with Crippen molar-refractivity contribution in [1.82, 2.24) is 0 Å². The van der Waals surface area contributed by atoms with Crippen LogP contribution < -0.4 is 10.4 Å². The number of carbonyl (C=O) groups excluding carboxylic acids is 1. The summed E-state index contributed by atoms with van der Waals surface area (Å²) in [5.74, 6) is 1.65. The molecule has 0 aliphatic heterocycles. The van der Waals surface area contributed by atoms with E-state index in [0.29, 0.717) is 30.0 Å². The summed E-state index contributed by atoms with van der Waals surface area (Å²) >= 11 is 1.44. The average Bonchev–Trinajstić information content (AvgIpc) is 2.69. The van der Waals surface area contributed by atoms with E-state index in [-0.39, 0.29) is 5.04 Å². The molecule has 2 atom stereocenters. The number of hydrogen-bond acceptors (Lipinski definition) is 3. The van der Waals surface area contributed by atoms with Gasteiger partial charge < -0.3 is 4.43 Å². The van der Waals surface area contributed by atoms with Gasteiger partial charge in [-0.25, -0.2) is 0 Å². The van der Waals surface area contributed by atoms with E-state index in [9.17, 15) is 4.79 Å². The van der Waals surface area contributed by atoms with Crippen LogP contribution in [0, 0.1) is 11.8 Å². The second-order valence-corrected chi connectivity index (χ2v) is 15.1. The largest absolute Gasteiger partial charge is 0.407 e. The molecular formula is C26H38O2SSi. The maximum atomic E-state index is 12.0. The summed E-state index contributed by atoms with van der Waals surface area (Å²) in [5.41, 5.74) is 0. The number of thioether (sulfide) groups is 1. The highest BCUT2D eigenvalue weighted by molar-refractivity contribution is 8.13. The summed E-state index contributed by atoms with van der Waals surface area (Å²) in [4.78, 5) is 12.0. The van der Waals surface area contributed by atoms with Gasteiger partial charge in [0, 0.05) is 13.0 Å². The lowest BCUT2D eigenvalue weighted by Crippen LogP contribution is -2.66. The Balaban J connectivity index is 2.25. The first-order valence-electron chi connectivity index (χ1n) is 11.1. The highest BCUT2D eigenvalue weighted by Gasteiger charge is 2.50. The van der Waals surface area contributed by atoms with Gasteiger partial charge in [0.15, 0.2) is 5.12 Å². The Morgan fingerprint density at radius 3 is 1.87 bits per heavy atom. The minimum Gasteiger partial charge on any atom is -0.407 e. The van der Waals surface area contributed by atoms with Crippen LogP contribution in [0.25, 0.3) is 0 Å². The normalized spacial score (nSPS) is 14.3. The van der Waals surface area contributed by atoms with Crippen LogP contribution in [0.5, 0.6) is 0 Å². The zero-order chi connectivity index (χ0) is 22.2. The van der Waals surface area contributed by atoms with Crippen molar-refractivity contribution in [1.29, 1.82) is 0 Å². The summed E-state index contributed by atoms with van der Waals surface area (Å²) in [5, 5.41) is 2.94. The number of rotatable bonds is 10. The van der Waals surface area contributed by atoms with Crippen molar-refractivity contribution in [2.24, 2.45) is 11.8 Å². The van der Waals surface area contributed by atoms with E-state index < -0.39 is 8.32 Å². The maximum Gasteiger partial charge on any atom is 0.261 e. The standard InChI is InChI=1S/C26H38O2SSi/c1-7-29-25(27)19-21(2)18-22(3)20-28-30(26(4,5)6,23-14-10-8-11-15-23)24-16-12-9-13-17-24/h8-17,21-22H,7,18-20H2,1-6H3/t21-,22+/m0/s1. The van der Waals surface area contributed by atoms with Gasteiger partial charge >= 0.3 is 0 Å². The van der Waals surface area contributed by atoms with Crippen molar-refractivity contribution in [3.63, 3.8) is 0 Å². The van der Waals surface area contributed by atoms with Crippen molar-refractivity contribution < 1.29 is 9.22 Å². The van der Waals surface area contributed by atoms with Crippen LogP contribution in [0.1, 0.15) is 54.4 Å². The van der Waals surface area contributed by atoms with Crippen LogP contribution in [0.2, 0.25) is 5.04 Å². The van der Waals surface area contributed by atoms with Crippen LogP contribution in [0.3, 0.4) is 0 Å². The molecule has 2 aromatic rings. The topological polar surface area (TPSA) is 26.3 Å². The molecule has 0 aliphatic rings. The molecule has 0 aliphatic carbocycles. The van der Waals surface area contributed by atoms with Crippen molar-refractivity contribution in [3.05, 3.63) is 60.7 Å². The Hall–Kier alpha value is -1.36. The van der Waals surface area contributed by atoms with E-state index in [4.69, 9.17) is 4.43 Å². The van der Waals surface area contributed by atoms with Gasteiger partial charge in [-0.3, -0.25) is 4.79 Å². The molecule has 164 valence electrons. The predicted molar refractivity (Wildman–Crippen MR) is 134 cm³/mol. The van der Waals surface area contributed by atoms with E-state index in [1.54, 1.807) is 0 Å². The monoisotopic (exact) mass is 442 g/mol. The third-order valence-electron chi connectivity index (χ3n) is 5.63. The predicted octanol–water partition coefficient (Wildman–Crippen LogP) is 5.90. The molecule has 0 spiro atoms. The van der Waals surface area contributed by atoms with Gasteiger partial charge in [0.2, 0.25) is 0 Å². The lowest BCUT2D eigenvalue weighted by Gasteiger charge is -2.43. The maximum absolute atomic E-state index is 12.0. The van der Waals surface area contributed by atoms with Crippen molar-refractivity contribution >= 4 is 35.6 Å². The molecule has 0 amide bonds. The minimum atomic E-state index is -2.48. The third kappa shape index (κ3) is 6.32. The molecule has 0 fully saturated rings. The fourth-order valence-electron chi connectivity index (χ4n) is 4.37. The fraction of sp³-hybridized carbons (Fsp3) is 0.500. The molecular weight excluding hydrogens is 404 g/mol. The summed E-state index contributed by atoms with van der Waals surface area (Å²) in [6.07, 6.45) is 1.66. The SMILES string of the molecule is CCSC(=O)C[C@@H](C)C[C@@H](C)CO[Si](c1ccccc1)(c1ccccc1)C(C)(C)C. The van der Waals surface area contributed by atoms with E-state index in [1.165, 1.54) is 22.1 Å². The molecule has 30 heavy (non-hydrogen) atoms. The third-order valence-corrected chi connectivity index (χ3v) is 11.4. The van der Waals surface area contributed by atoms with Gasteiger partial charge in [-0.15, -0.1) is 0 Å². The molecule has 0 saturated carbocycles. The van der Waals surface area contributed by atoms with Crippen LogP contribution >= 0.6 is 11.8 Å². The van der Waals surface area contributed by atoms with Gasteiger partial charge in [-0.05, 0) is 39.4 Å². The van der Waals surface area contributed by atoms with Crippen molar-refractivity contribution in [2.75, 3.05) is 12.4 Å². The fourth-order valence-corrected chi connectivity index (χ4v) is 9.79. The van der Waals surface area contributed by atoms with Gasteiger partial charge in [0.05, 0.1) is 0 Å². The highest BCUT2D eigenvalue weighted by Crippen LogP contribution is 2.37. The van der Waals surface area contributed by atoms with Gasteiger partial charge in [0.25, 0.3) is 8.32 Å². The Kier molecular flexibility index (Phi) is 9.39. The molecule has 0 N–H and O–H groups in total. The van der Waals surface area contributed by atoms with Crippen LogP contribution in [-0.2, 0) is 9.22 Å². The second-order valence-electron chi connectivity index (χ2n) is 9.43. The summed E-state index contributed by atoms with van der Waals surface area (Å²) in [6, 6.07) is 21.6. The first kappa shape index (κ1) is 24.9. The zero-order valence-electron chi connectivity index (χ0n) is 19.5. The van der Waals surface area contributed by atoms with Crippen molar-refractivity contribution in [2.45, 2.75) is 59.4 Å². The summed E-state index contributed by atoms with van der Waals surface area (Å²) in [7, 11) is -2.48. The Morgan fingerprint density at radius 2 is 1.43 bits per heavy atom. The van der Waals surface area contributed by atoms with Gasteiger partial charge in [-0.1, -0.05) is 114 Å². The molecule has 0 radical (unpaired) electrons. The molecule has 0 unspecified atom stereocenters. The molecule has 0 saturated heterocycles. The Labute approximate surface area is 189 Å². The molecule has 2 aromatic carbocycles. The molecule has 0 aromatic heterocycles. The van der Waals surface area contributed by atoms with E-state index in [0.717, 1.165) is 12.2 Å². The number of benzene rings is 2.